The van der Waals surface area contributed by atoms with Crippen molar-refractivity contribution in [2.45, 2.75) is 51.7 Å². The molecule has 0 bridgehead atoms. The fraction of sp³-hybridized carbons (Fsp3) is 0.333. The quantitative estimate of drug-likeness (QED) is 0.556. The zero-order chi connectivity index (χ0) is 22.4. The van der Waals surface area contributed by atoms with Crippen molar-refractivity contribution in [3.8, 4) is 0 Å². The number of anilines is 1. The molecule has 5 nitrogen and oxygen atoms in total. The van der Waals surface area contributed by atoms with Gasteiger partial charge in [0, 0.05) is 52.9 Å². The van der Waals surface area contributed by atoms with Gasteiger partial charge in [-0.3, -0.25) is 9.59 Å². The number of benzene rings is 2. The second-order valence-electron chi connectivity index (χ2n) is 9.10. The molecule has 164 valence electrons. The van der Waals surface area contributed by atoms with Gasteiger partial charge in [-0.05, 0) is 51.3 Å². The molecule has 0 radical (unpaired) electrons. The summed E-state index contributed by atoms with van der Waals surface area (Å²) < 4.78 is 2.03. The van der Waals surface area contributed by atoms with Gasteiger partial charge < -0.3 is 14.4 Å². The van der Waals surface area contributed by atoms with E-state index in [9.17, 15) is 9.59 Å². The van der Waals surface area contributed by atoms with Crippen molar-refractivity contribution in [3.63, 3.8) is 0 Å². The average molecular weight is 428 g/mol. The van der Waals surface area contributed by atoms with Gasteiger partial charge in [0.2, 0.25) is 5.91 Å². The molecule has 32 heavy (non-hydrogen) atoms. The molecule has 2 unspecified atom stereocenters. The van der Waals surface area contributed by atoms with Crippen molar-refractivity contribution >= 4 is 40.1 Å². The predicted octanol–water partition coefficient (Wildman–Crippen LogP) is 4.95. The number of hydrogen-bond donors (Lipinski definition) is 0. The highest BCUT2D eigenvalue weighted by molar-refractivity contribution is 6.36. The molecule has 1 aromatic heterocycles. The summed E-state index contributed by atoms with van der Waals surface area (Å²) in [4.78, 5) is 30.0. The number of aromatic nitrogens is 1. The smallest absolute Gasteiger partial charge is 0.258 e. The summed E-state index contributed by atoms with van der Waals surface area (Å²) in [5.41, 5.74) is 4.54. The largest absolute Gasteiger partial charge is 0.337 e. The van der Waals surface area contributed by atoms with Crippen molar-refractivity contribution in [2.75, 3.05) is 11.9 Å². The molecule has 3 heterocycles. The fourth-order valence-corrected chi connectivity index (χ4v) is 5.36. The van der Waals surface area contributed by atoms with E-state index in [2.05, 4.69) is 24.8 Å². The van der Waals surface area contributed by atoms with E-state index in [1.165, 1.54) is 6.42 Å². The first-order chi connectivity index (χ1) is 15.5. The van der Waals surface area contributed by atoms with Gasteiger partial charge in [-0.15, -0.1) is 0 Å². The van der Waals surface area contributed by atoms with Crippen molar-refractivity contribution in [2.24, 2.45) is 0 Å². The van der Waals surface area contributed by atoms with E-state index in [0.29, 0.717) is 12.1 Å². The highest BCUT2D eigenvalue weighted by atomic mass is 16.2. The topological polar surface area (TPSA) is 45.6 Å². The number of likely N-dealkylation sites (tertiary alicyclic amines) is 1. The van der Waals surface area contributed by atoms with Crippen molar-refractivity contribution < 1.29 is 9.59 Å². The Kier molecular flexibility index (Phi) is 5.12. The van der Waals surface area contributed by atoms with Crippen LogP contribution in [0.25, 0.3) is 22.6 Å². The van der Waals surface area contributed by atoms with Crippen LogP contribution < -0.4 is 4.90 Å². The molecular formula is C27H29N3O2. The second kappa shape index (κ2) is 7.97. The van der Waals surface area contributed by atoms with Gasteiger partial charge in [-0.25, -0.2) is 0 Å². The van der Waals surface area contributed by atoms with Gasteiger partial charge in [0.15, 0.2) is 0 Å². The van der Waals surface area contributed by atoms with Crippen LogP contribution in [-0.2, 0) is 16.1 Å². The number of hydrogen-bond acceptors (Lipinski definition) is 2. The number of carbonyl (C=O) groups excluding carboxylic acids is 2. The van der Waals surface area contributed by atoms with Crippen LogP contribution in [0.3, 0.4) is 0 Å². The predicted molar refractivity (Wildman–Crippen MR) is 129 cm³/mol. The molecule has 5 heteroatoms. The highest BCUT2D eigenvalue weighted by Gasteiger charge is 2.31. The van der Waals surface area contributed by atoms with Crippen LogP contribution in [0.4, 0.5) is 5.69 Å². The monoisotopic (exact) mass is 427 g/mol. The van der Waals surface area contributed by atoms with Gasteiger partial charge in [-0.2, -0.15) is 0 Å². The third-order valence-electron chi connectivity index (χ3n) is 7.00. The van der Waals surface area contributed by atoms with E-state index in [0.717, 1.165) is 40.6 Å². The zero-order valence-electron chi connectivity index (χ0n) is 18.9. The molecule has 1 fully saturated rings. The molecule has 1 saturated heterocycles. The van der Waals surface area contributed by atoms with Crippen LogP contribution in [0.2, 0.25) is 0 Å². The first kappa shape index (κ1) is 20.6. The maximum absolute atomic E-state index is 13.3. The lowest BCUT2D eigenvalue weighted by Crippen LogP contribution is -2.48. The Morgan fingerprint density at radius 3 is 2.50 bits per heavy atom. The van der Waals surface area contributed by atoms with E-state index >= 15 is 0 Å². The Morgan fingerprint density at radius 1 is 1.03 bits per heavy atom. The van der Waals surface area contributed by atoms with E-state index < -0.39 is 0 Å². The van der Waals surface area contributed by atoms with Crippen LogP contribution in [0, 0.1) is 0 Å². The number of para-hydroxylation sites is 2. The minimum atomic E-state index is -0.00456. The van der Waals surface area contributed by atoms with E-state index in [1.54, 1.807) is 4.90 Å². The number of carbonyl (C=O) groups is 2. The van der Waals surface area contributed by atoms with E-state index in [1.807, 2.05) is 66.4 Å². The first-order valence-corrected chi connectivity index (χ1v) is 11.4. The van der Waals surface area contributed by atoms with Gasteiger partial charge >= 0.3 is 0 Å². The third-order valence-corrected chi connectivity index (χ3v) is 7.00. The minimum absolute atomic E-state index is 0.00456. The van der Waals surface area contributed by atoms with E-state index in [-0.39, 0.29) is 23.9 Å². The number of nitrogens with zero attached hydrogens (tertiary/aromatic N) is 3. The zero-order valence-corrected chi connectivity index (χ0v) is 18.9. The van der Waals surface area contributed by atoms with Gasteiger partial charge in [-0.1, -0.05) is 36.4 Å². The Labute approximate surface area is 188 Å². The third kappa shape index (κ3) is 3.32. The molecule has 0 saturated carbocycles. The molecule has 0 N–H and O–H groups in total. The molecule has 2 amide bonds. The van der Waals surface area contributed by atoms with Gasteiger partial charge in [0.05, 0.1) is 5.69 Å². The summed E-state index contributed by atoms with van der Waals surface area (Å²) in [5, 5.41) is 1.05. The van der Waals surface area contributed by atoms with Crippen molar-refractivity contribution in [1.82, 2.24) is 9.47 Å². The molecule has 5 rings (SSSR count). The normalized spacial score (nSPS) is 22.1. The molecule has 0 spiro atoms. The molecule has 2 atom stereocenters. The maximum Gasteiger partial charge on any atom is 0.258 e. The highest BCUT2D eigenvalue weighted by Crippen LogP contribution is 2.37. The summed E-state index contributed by atoms with van der Waals surface area (Å²) in [7, 11) is 1.81. The Balaban J connectivity index is 1.54. The summed E-state index contributed by atoms with van der Waals surface area (Å²) >= 11 is 0. The summed E-state index contributed by atoms with van der Waals surface area (Å²) in [6.07, 6.45) is 7.30. The number of rotatable bonds is 3. The summed E-state index contributed by atoms with van der Waals surface area (Å²) in [6, 6.07) is 16.5. The number of amides is 2. The summed E-state index contributed by atoms with van der Waals surface area (Å²) in [5.74, 6) is 0.154. The molecule has 2 aliphatic heterocycles. The number of likely N-dealkylation sites (N-methyl/N-ethyl adjacent to an activating group) is 1. The average Bonchev–Trinajstić information content (AvgIpc) is 3.24. The molecule has 2 aliphatic rings. The number of piperidine rings is 1. The first-order valence-electron chi connectivity index (χ1n) is 11.4. The number of fused-ring (bicyclic) bond motifs is 2. The maximum atomic E-state index is 13.3. The van der Waals surface area contributed by atoms with Gasteiger partial charge in [0.25, 0.3) is 5.91 Å². The van der Waals surface area contributed by atoms with Crippen molar-refractivity contribution in [3.05, 3.63) is 65.9 Å². The van der Waals surface area contributed by atoms with Crippen LogP contribution in [0.5, 0.6) is 0 Å². The Hall–Kier alpha value is -3.34. The van der Waals surface area contributed by atoms with Gasteiger partial charge in [0.1, 0.15) is 6.54 Å². The summed E-state index contributed by atoms with van der Waals surface area (Å²) in [6.45, 7) is 4.61. The lowest BCUT2D eigenvalue weighted by atomic mass is 9.97. The second-order valence-corrected chi connectivity index (χ2v) is 9.10. The minimum Gasteiger partial charge on any atom is -0.337 e. The Morgan fingerprint density at radius 2 is 1.72 bits per heavy atom. The van der Waals surface area contributed by atoms with Crippen molar-refractivity contribution in [1.29, 1.82) is 0 Å². The standard InChI is InChI=1S/C27H29N3O2/c1-18-9-8-10-19(2)30(18)26(31)17-29-16-20(21-11-4-7-14-25(21)29)15-23-22-12-5-6-13-24(22)28(3)27(23)32/h4-7,11-16,18-19H,8-10,17H2,1-3H3/b23-15+. The van der Waals surface area contributed by atoms with Crippen LogP contribution >= 0.6 is 0 Å². The molecule has 3 aromatic rings. The molecule has 0 aliphatic carbocycles. The van der Waals surface area contributed by atoms with Crippen LogP contribution in [0.15, 0.2) is 54.7 Å². The Bertz CT molecular complexity index is 1230. The van der Waals surface area contributed by atoms with Crippen LogP contribution in [-0.4, -0.2) is 40.4 Å². The van der Waals surface area contributed by atoms with E-state index in [4.69, 9.17) is 0 Å². The SMILES string of the molecule is CC1CCCC(C)N1C(=O)Cn1cc(/C=C2/C(=O)N(C)c3ccccc32)c2ccccc21. The molecule has 2 aromatic carbocycles. The van der Waals surface area contributed by atoms with Crippen LogP contribution in [0.1, 0.15) is 44.2 Å². The lowest BCUT2D eigenvalue weighted by molar-refractivity contribution is -0.137. The lowest BCUT2D eigenvalue weighted by Gasteiger charge is -2.39. The molecular weight excluding hydrogens is 398 g/mol. The fourth-order valence-electron chi connectivity index (χ4n) is 5.36.